The van der Waals surface area contributed by atoms with Crippen molar-refractivity contribution >= 4 is 11.6 Å². The number of alkyl halides is 3. The third-order valence-corrected chi connectivity index (χ3v) is 1.09. The van der Waals surface area contributed by atoms with Crippen molar-refractivity contribution in [2.75, 3.05) is 19.1 Å². The van der Waals surface area contributed by atoms with Crippen molar-refractivity contribution in [2.45, 2.75) is 12.5 Å². The third-order valence-electron chi connectivity index (χ3n) is 0.732. The summed E-state index contributed by atoms with van der Waals surface area (Å²) in [4.78, 5) is 0. The van der Waals surface area contributed by atoms with E-state index < -0.39 is 19.1 Å². The number of hydrogen-bond acceptors (Lipinski definition) is 2. The molecule has 0 fully saturated rings. The maximum atomic E-state index is 11.3. The maximum Gasteiger partial charge on any atom is 0.261 e. The Labute approximate surface area is 62.7 Å². The highest BCUT2D eigenvalue weighted by Crippen LogP contribution is 1.94. The van der Waals surface area contributed by atoms with Gasteiger partial charge in [-0.25, -0.2) is 8.78 Å². The Morgan fingerprint density at radius 1 is 1.40 bits per heavy atom. The molecule has 0 amide bonds. The Kier molecular flexibility index (Phi) is 5.87. The lowest BCUT2D eigenvalue weighted by molar-refractivity contribution is -0.0142. The van der Waals surface area contributed by atoms with Crippen LogP contribution in [0.3, 0.4) is 0 Å². The predicted molar refractivity (Wildman–Crippen MR) is 33.5 cm³/mol. The van der Waals surface area contributed by atoms with Crippen LogP contribution in [0.2, 0.25) is 0 Å². The molecule has 0 radical (unpaired) electrons. The summed E-state index contributed by atoms with van der Waals surface area (Å²) >= 11 is 5.15. The van der Waals surface area contributed by atoms with Crippen molar-refractivity contribution in [2.24, 2.45) is 0 Å². The fourth-order valence-corrected chi connectivity index (χ4v) is 0.427. The molecule has 0 heterocycles. The van der Waals surface area contributed by atoms with E-state index in [1.807, 2.05) is 0 Å². The van der Waals surface area contributed by atoms with E-state index in [1.165, 1.54) is 0 Å². The first-order chi connectivity index (χ1) is 4.66. The number of hydrogen-bond donors (Lipinski definition) is 1. The van der Waals surface area contributed by atoms with Gasteiger partial charge in [-0.05, 0) is 0 Å². The van der Waals surface area contributed by atoms with Crippen LogP contribution in [0.15, 0.2) is 0 Å². The molecule has 0 aromatic carbocycles. The molecule has 0 saturated heterocycles. The van der Waals surface area contributed by atoms with Gasteiger partial charge in [0.15, 0.2) is 0 Å². The lowest BCUT2D eigenvalue weighted by Gasteiger charge is -2.06. The highest BCUT2D eigenvalue weighted by Gasteiger charge is 2.05. The zero-order valence-corrected chi connectivity index (χ0v) is 6.02. The summed E-state index contributed by atoms with van der Waals surface area (Å²) in [5.41, 5.74) is 0. The van der Waals surface area contributed by atoms with Gasteiger partial charge in [0.2, 0.25) is 0 Å². The van der Waals surface area contributed by atoms with Crippen LogP contribution in [0.4, 0.5) is 8.78 Å². The second-order valence-electron chi connectivity index (χ2n) is 1.74. The summed E-state index contributed by atoms with van der Waals surface area (Å²) < 4.78 is 27.1. The first-order valence-corrected chi connectivity index (χ1v) is 3.30. The topological polar surface area (TPSA) is 29.5 Å². The number of aliphatic hydroxyl groups excluding tert-OH is 1. The minimum Gasteiger partial charge on any atom is -0.389 e. The molecule has 1 unspecified atom stereocenters. The average Bonchev–Trinajstić information content (AvgIpc) is 1.87. The molecule has 10 heavy (non-hydrogen) atoms. The SMILES string of the molecule is OC(CCl)COCC(F)F. The molecule has 0 aliphatic rings. The zero-order chi connectivity index (χ0) is 7.98. The fraction of sp³-hybridized carbons (Fsp3) is 1.00. The van der Waals surface area contributed by atoms with Crippen LogP contribution in [-0.4, -0.2) is 36.7 Å². The van der Waals surface area contributed by atoms with Crippen molar-refractivity contribution < 1.29 is 18.6 Å². The van der Waals surface area contributed by atoms with E-state index >= 15 is 0 Å². The highest BCUT2D eigenvalue weighted by atomic mass is 35.5. The summed E-state index contributed by atoms with van der Waals surface area (Å²) in [6.07, 6.45) is -3.33. The minimum atomic E-state index is -2.48. The van der Waals surface area contributed by atoms with Crippen molar-refractivity contribution in [1.82, 2.24) is 0 Å². The lowest BCUT2D eigenvalue weighted by atomic mass is 10.4. The molecule has 5 heteroatoms. The van der Waals surface area contributed by atoms with Gasteiger partial charge >= 0.3 is 0 Å². The van der Waals surface area contributed by atoms with Crippen molar-refractivity contribution in [1.29, 1.82) is 0 Å². The van der Waals surface area contributed by atoms with Gasteiger partial charge < -0.3 is 9.84 Å². The Balaban J connectivity index is 3.03. The van der Waals surface area contributed by atoms with E-state index in [0.717, 1.165) is 0 Å². The Morgan fingerprint density at radius 2 is 2.00 bits per heavy atom. The molecule has 1 N–H and O–H groups in total. The van der Waals surface area contributed by atoms with Gasteiger partial charge in [0, 0.05) is 0 Å². The van der Waals surface area contributed by atoms with E-state index in [2.05, 4.69) is 4.74 Å². The Morgan fingerprint density at radius 3 is 2.40 bits per heavy atom. The van der Waals surface area contributed by atoms with Crippen LogP contribution in [0, 0.1) is 0 Å². The molecule has 0 rings (SSSR count). The van der Waals surface area contributed by atoms with Crippen LogP contribution in [0.5, 0.6) is 0 Å². The first kappa shape index (κ1) is 10.1. The monoisotopic (exact) mass is 174 g/mol. The predicted octanol–water partition coefficient (Wildman–Crippen LogP) is 0.868. The second kappa shape index (κ2) is 5.82. The first-order valence-electron chi connectivity index (χ1n) is 2.76. The normalized spacial score (nSPS) is 14.1. The van der Waals surface area contributed by atoms with E-state index in [-0.39, 0.29) is 12.5 Å². The summed E-state index contributed by atoms with van der Waals surface area (Å²) in [5.74, 6) is 0.00321. The highest BCUT2D eigenvalue weighted by molar-refractivity contribution is 6.18. The van der Waals surface area contributed by atoms with Crippen LogP contribution >= 0.6 is 11.6 Å². The zero-order valence-electron chi connectivity index (χ0n) is 5.27. The van der Waals surface area contributed by atoms with Gasteiger partial charge in [0.05, 0.1) is 18.6 Å². The van der Waals surface area contributed by atoms with Crippen molar-refractivity contribution in [3.63, 3.8) is 0 Å². The summed E-state index contributed by atoms with van der Waals surface area (Å²) in [5, 5.41) is 8.67. The van der Waals surface area contributed by atoms with E-state index in [1.54, 1.807) is 0 Å². The summed E-state index contributed by atoms with van der Waals surface area (Å²) in [6, 6.07) is 0. The molecular formula is C5H9ClF2O2. The van der Waals surface area contributed by atoms with Crippen molar-refractivity contribution in [3.05, 3.63) is 0 Å². The third kappa shape index (κ3) is 6.19. The summed E-state index contributed by atoms with van der Waals surface area (Å²) in [6.45, 7) is -0.776. The van der Waals surface area contributed by atoms with Crippen LogP contribution in [-0.2, 0) is 4.74 Å². The Hall–Kier alpha value is 0.0700. The molecule has 0 aromatic rings. The molecule has 0 saturated carbocycles. The van der Waals surface area contributed by atoms with Crippen molar-refractivity contribution in [3.8, 4) is 0 Å². The molecule has 0 bridgehead atoms. The van der Waals surface area contributed by atoms with E-state index in [4.69, 9.17) is 16.7 Å². The number of ether oxygens (including phenoxy) is 1. The fourth-order valence-electron chi connectivity index (χ4n) is 0.338. The van der Waals surface area contributed by atoms with Crippen LogP contribution in [0.1, 0.15) is 0 Å². The lowest BCUT2D eigenvalue weighted by Crippen LogP contribution is -2.19. The number of aliphatic hydroxyl groups is 1. The maximum absolute atomic E-state index is 11.3. The number of rotatable bonds is 5. The smallest absolute Gasteiger partial charge is 0.261 e. The summed E-state index contributed by atoms with van der Waals surface area (Å²) in [7, 11) is 0. The van der Waals surface area contributed by atoms with E-state index in [0.29, 0.717) is 0 Å². The molecule has 0 aromatic heterocycles. The average molecular weight is 175 g/mol. The molecule has 2 nitrogen and oxygen atoms in total. The second-order valence-corrected chi connectivity index (χ2v) is 2.05. The molecule has 0 aliphatic carbocycles. The minimum absolute atomic E-state index is 0.00321. The molecule has 0 spiro atoms. The van der Waals surface area contributed by atoms with Gasteiger partial charge in [0.1, 0.15) is 6.61 Å². The van der Waals surface area contributed by atoms with Gasteiger partial charge in [0.25, 0.3) is 6.43 Å². The van der Waals surface area contributed by atoms with E-state index in [9.17, 15) is 8.78 Å². The molecule has 0 aliphatic heterocycles. The molecular weight excluding hydrogens is 166 g/mol. The standard InChI is InChI=1S/C5H9ClF2O2/c6-1-4(9)2-10-3-5(7)8/h4-5,9H,1-3H2. The van der Waals surface area contributed by atoms with Crippen LogP contribution in [0.25, 0.3) is 0 Å². The van der Waals surface area contributed by atoms with Gasteiger partial charge in [-0.2, -0.15) is 0 Å². The van der Waals surface area contributed by atoms with Gasteiger partial charge in [-0.15, -0.1) is 11.6 Å². The van der Waals surface area contributed by atoms with Gasteiger partial charge in [-0.3, -0.25) is 0 Å². The van der Waals surface area contributed by atoms with Crippen LogP contribution < -0.4 is 0 Å². The van der Waals surface area contributed by atoms with Gasteiger partial charge in [-0.1, -0.05) is 0 Å². The Bertz CT molecular complexity index is 82.0. The quantitative estimate of drug-likeness (QED) is 0.627. The molecule has 1 atom stereocenters. The largest absolute Gasteiger partial charge is 0.389 e. The number of halogens is 3. The molecule has 62 valence electrons.